The van der Waals surface area contributed by atoms with Crippen LogP contribution in [0.2, 0.25) is 0 Å². The van der Waals surface area contributed by atoms with Crippen molar-refractivity contribution in [3.63, 3.8) is 0 Å². The van der Waals surface area contributed by atoms with Crippen LogP contribution in [-0.4, -0.2) is 25.9 Å². The Labute approximate surface area is 129 Å². The van der Waals surface area contributed by atoms with Crippen LogP contribution in [0.4, 0.5) is 0 Å². The molecule has 1 N–H and O–H groups in total. The smallest absolute Gasteiger partial charge is 0.119 e. The molecule has 3 atom stereocenters. The number of rotatable bonds is 7. The number of benzene rings is 1. The highest BCUT2D eigenvalue weighted by atomic mass is 16.5. The fraction of sp³-hybridized carbons (Fsp3) is 0.667. The zero-order chi connectivity index (χ0) is 15.1. The Kier molecular flexibility index (Phi) is 6.52. The van der Waals surface area contributed by atoms with Crippen LogP contribution in [0, 0.1) is 0 Å². The number of ether oxygens (including phenoxy) is 2. The first-order valence-corrected chi connectivity index (χ1v) is 8.29. The number of methoxy groups -OCH3 is 1. The molecule has 0 aliphatic heterocycles. The summed E-state index contributed by atoms with van der Waals surface area (Å²) in [5.41, 5.74) is 1.34. The van der Waals surface area contributed by atoms with E-state index in [2.05, 4.69) is 43.4 Å². The van der Waals surface area contributed by atoms with Crippen LogP contribution in [-0.2, 0) is 4.74 Å². The van der Waals surface area contributed by atoms with Crippen molar-refractivity contribution in [2.75, 3.05) is 13.7 Å². The summed E-state index contributed by atoms with van der Waals surface area (Å²) >= 11 is 0. The first-order chi connectivity index (χ1) is 10.3. The van der Waals surface area contributed by atoms with Gasteiger partial charge in [-0.2, -0.15) is 0 Å². The van der Waals surface area contributed by atoms with Gasteiger partial charge in [0.2, 0.25) is 0 Å². The third kappa shape index (κ3) is 4.72. The van der Waals surface area contributed by atoms with Gasteiger partial charge in [-0.1, -0.05) is 26.0 Å². The quantitative estimate of drug-likeness (QED) is 0.821. The molecule has 3 nitrogen and oxygen atoms in total. The van der Waals surface area contributed by atoms with Crippen molar-refractivity contribution in [2.24, 2.45) is 0 Å². The van der Waals surface area contributed by atoms with Crippen LogP contribution in [0.3, 0.4) is 0 Å². The van der Waals surface area contributed by atoms with Crippen molar-refractivity contribution in [1.82, 2.24) is 5.32 Å². The lowest BCUT2D eigenvalue weighted by Crippen LogP contribution is -2.29. The lowest BCUT2D eigenvalue weighted by Gasteiger charge is -2.28. The zero-order valence-corrected chi connectivity index (χ0v) is 13.6. The van der Waals surface area contributed by atoms with Crippen LogP contribution in [0.15, 0.2) is 24.3 Å². The van der Waals surface area contributed by atoms with Crippen molar-refractivity contribution in [2.45, 2.75) is 64.2 Å². The molecule has 1 aromatic rings. The maximum Gasteiger partial charge on any atom is 0.119 e. The second kappa shape index (κ2) is 8.40. The molecule has 2 rings (SSSR count). The van der Waals surface area contributed by atoms with E-state index in [1.54, 1.807) is 7.11 Å². The van der Waals surface area contributed by atoms with Crippen molar-refractivity contribution >= 4 is 0 Å². The van der Waals surface area contributed by atoms with Gasteiger partial charge >= 0.3 is 0 Å². The van der Waals surface area contributed by atoms with E-state index >= 15 is 0 Å². The summed E-state index contributed by atoms with van der Waals surface area (Å²) in [6.45, 7) is 5.36. The average molecular weight is 291 g/mol. The molecule has 118 valence electrons. The Morgan fingerprint density at radius 3 is 2.48 bits per heavy atom. The summed E-state index contributed by atoms with van der Waals surface area (Å²) in [6.07, 6.45) is 6.26. The molecule has 1 aromatic carbocycles. The molecular formula is C18H29NO2. The average Bonchev–Trinajstić information content (AvgIpc) is 2.54. The molecule has 3 heteroatoms. The molecule has 0 bridgehead atoms. The molecule has 1 aliphatic rings. The van der Waals surface area contributed by atoms with Crippen LogP contribution in [0.5, 0.6) is 5.75 Å². The van der Waals surface area contributed by atoms with Crippen molar-refractivity contribution in [3.8, 4) is 5.75 Å². The predicted octanol–water partition coefficient (Wildman–Crippen LogP) is 4.08. The molecule has 0 saturated heterocycles. The van der Waals surface area contributed by atoms with Crippen molar-refractivity contribution in [1.29, 1.82) is 0 Å². The van der Waals surface area contributed by atoms with Gasteiger partial charge < -0.3 is 14.8 Å². The Morgan fingerprint density at radius 2 is 1.86 bits per heavy atom. The van der Waals surface area contributed by atoms with Gasteiger partial charge in [0.25, 0.3) is 0 Å². The molecule has 3 unspecified atom stereocenters. The van der Waals surface area contributed by atoms with E-state index < -0.39 is 0 Å². The van der Waals surface area contributed by atoms with Gasteiger partial charge in [0, 0.05) is 19.6 Å². The molecule has 1 saturated carbocycles. The Balaban J connectivity index is 1.92. The summed E-state index contributed by atoms with van der Waals surface area (Å²) in [5, 5.41) is 3.51. The Bertz CT molecular complexity index is 404. The minimum atomic E-state index is 0.297. The van der Waals surface area contributed by atoms with Gasteiger partial charge in [0.05, 0.1) is 6.10 Å². The van der Waals surface area contributed by atoms with Crippen LogP contribution >= 0.6 is 0 Å². The van der Waals surface area contributed by atoms with Gasteiger partial charge in [0.15, 0.2) is 0 Å². The molecule has 21 heavy (non-hydrogen) atoms. The Hall–Kier alpha value is -1.06. The van der Waals surface area contributed by atoms with Gasteiger partial charge in [0.1, 0.15) is 11.9 Å². The fourth-order valence-electron chi connectivity index (χ4n) is 3.14. The lowest BCUT2D eigenvalue weighted by molar-refractivity contribution is 0.0209. The minimum absolute atomic E-state index is 0.297. The second-order valence-electron chi connectivity index (χ2n) is 5.85. The predicted molar refractivity (Wildman–Crippen MR) is 86.8 cm³/mol. The van der Waals surface area contributed by atoms with E-state index in [9.17, 15) is 0 Å². The van der Waals surface area contributed by atoms with Crippen LogP contribution in [0.25, 0.3) is 0 Å². The molecule has 1 aliphatic carbocycles. The molecule has 0 aromatic heterocycles. The van der Waals surface area contributed by atoms with E-state index in [0.717, 1.165) is 38.0 Å². The maximum absolute atomic E-state index is 6.12. The first kappa shape index (κ1) is 16.3. The van der Waals surface area contributed by atoms with Crippen LogP contribution < -0.4 is 10.1 Å². The lowest BCUT2D eigenvalue weighted by atomic mass is 9.95. The van der Waals surface area contributed by atoms with Crippen molar-refractivity contribution in [3.05, 3.63) is 29.8 Å². The molecule has 0 heterocycles. The maximum atomic E-state index is 6.12. The SMILES string of the molecule is CCNC(CC)c1ccc(OC2CCCC(OC)C2)cc1. The second-order valence-corrected chi connectivity index (χ2v) is 5.85. The van der Waals surface area contributed by atoms with Crippen molar-refractivity contribution < 1.29 is 9.47 Å². The third-order valence-corrected chi connectivity index (χ3v) is 4.36. The van der Waals surface area contributed by atoms with Gasteiger partial charge in [-0.05, 0) is 49.9 Å². The molecule has 0 radical (unpaired) electrons. The first-order valence-electron chi connectivity index (χ1n) is 8.29. The molecule has 1 fully saturated rings. The van der Waals surface area contributed by atoms with Crippen LogP contribution in [0.1, 0.15) is 57.6 Å². The highest BCUT2D eigenvalue weighted by Crippen LogP contribution is 2.26. The molecule has 0 amide bonds. The van der Waals surface area contributed by atoms with E-state index in [0.29, 0.717) is 18.2 Å². The summed E-state index contributed by atoms with van der Waals surface area (Å²) in [6, 6.07) is 9.01. The minimum Gasteiger partial charge on any atom is -0.490 e. The van der Waals surface area contributed by atoms with E-state index in [-0.39, 0.29) is 0 Å². The third-order valence-electron chi connectivity index (χ3n) is 4.36. The molecule has 0 spiro atoms. The largest absolute Gasteiger partial charge is 0.490 e. The summed E-state index contributed by atoms with van der Waals surface area (Å²) in [4.78, 5) is 0. The van der Waals surface area contributed by atoms with E-state index in [1.165, 1.54) is 12.0 Å². The monoisotopic (exact) mass is 291 g/mol. The summed E-state index contributed by atoms with van der Waals surface area (Å²) in [5.74, 6) is 0.979. The highest BCUT2D eigenvalue weighted by molar-refractivity contribution is 5.29. The summed E-state index contributed by atoms with van der Waals surface area (Å²) < 4.78 is 11.6. The zero-order valence-electron chi connectivity index (χ0n) is 13.6. The number of hydrogen-bond acceptors (Lipinski definition) is 3. The molecular weight excluding hydrogens is 262 g/mol. The normalized spacial score (nSPS) is 23.8. The number of nitrogens with one attached hydrogen (secondary N) is 1. The number of hydrogen-bond donors (Lipinski definition) is 1. The Morgan fingerprint density at radius 1 is 1.14 bits per heavy atom. The van der Waals surface area contributed by atoms with Gasteiger partial charge in [-0.3, -0.25) is 0 Å². The fourth-order valence-corrected chi connectivity index (χ4v) is 3.14. The standard InChI is InChI=1S/C18H29NO2/c1-4-18(19-5-2)14-9-11-15(12-10-14)21-17-8-6-7-16(13-17)20-3/h9-12,16-19H,4-8,13H2,1-3H3. The van der Waals surface area contributed by atoms with E-state index in [1.807, 2.05) is 0 Å². The summed E-state index contributed by atoms with van der Waals surface area (Å²) in [7, 11) is 1.80. The topological polar surface area (TPSA) is 30.5 Å². The highest BCUT2D eigenvalue weighted by Gasteiger charge is 2.23. The van der Waals surface area contributed by atoms with Gasteiger partial charge in [-0.25, -0.2) is 0 Å². The van der Waals surface area contributed by atoms with E-state index in [4.69, 9.17) is 9.47 Å². The van der Waals surface area contributed by atoms with Gasteiger partial charge in [-0.15, -0.1) is 0 Å².